The van der Waals surface area contributed by atoms with E-state index >= 15 is 0 Å². The Morgan fingerprint density at radius 3 is 2.64 bits per heavy atom. The average molecular weight is 308 g/mol. The first kappa shape index (κ1) is 16.6. The smallest absolute Gasteiger partial charge is 0.411 e. The van der Waals surface area contributed by atoms with Crippen molar-refractivity contribution < 1.29 is 19.0 Å². The molecule has 1 aliphatic rings. The number of benzene rings is 1. The number of anilines is 1. The van der Waals surface area contributed by atoms with Crippen molar-refractivity contribution >= 4 is 11.8 Å². The lowest BCUT2D eigenvalue weighted by atomic mass is 10.3. The summed E-state index contributed by atoms with van der Waals surface area (Å²) >= 11 is 0. The largest absolute Gasteiger partial charge is 0.492 e. The van der Waals surface area contributed by atoms with Gasteiger partial charge in [0.1, 0.15) is 12.4 Å². The van der Waals surface area contributed by atoms with Gasteiger partial charge >= 0.3 is 6.09 Å². The molecule has 0 aliphatic carbocycles. The number of hydrogen-bond donors (Lipinski definition) is 1. The minimum Gasteiger partial charge on any atom is -0.492 e. The van der Waals surface area contributed by atoms with E-state index in [9.17, 15) is 4.79 Å². The maximum absolute atomic E-state index is 11.4. The molecule has 0 radical (unpaired) electrons. The number of ether oxygens (including phenoxy) is 3. The molecule has 0 unspecified atom stereocenters. The summed E-state index contributed by atoms with van der Waals surface area (Å²) in [5.41, 5.74) is 0.696. The molecule has 0 saturated carbocycles. The van der Waals surface area contributed by atoms with Crippen molar-refractivity contribution in [2.75, 3.05) is 51.4 Å². The second-order valence-corrected chi connectivity index (χ2v) is 5.09. The van der Waals surface area contributed by atoms with E-state index in [0.29, 0.717) is 18.9 Å². The molecule has 0 spiro atoms. The summed E-state index contributed by atoms with van der Waals surface area (Å²) in [5.74, 6) is 0.792. The predicted molar refractivity (Wildman–Crippen MR) is 84.5 cm³/mol. The van der Waals surface area contributed by atoms with Crippen LogP contribution in [0.5, 0.6) is 5.75 Å². The van der Waals surface area contributed by atoms with Crippen LogP contribution in [0.15, 0.2) is 24.3 Å². The molecule has 1 amide bonds. The first-order valence-corrected chi connectivity index (χ1v) is 7.74. The van der Waals surface area contributed by atoms with Gasteiger partial charge in [0.05, 0.1) is 19.8 Å². The third-order valence-electron chi connectivity index (χ3n) is 3.32. The lowest BCUT2D eigenvalue weighted by Crippen LogP contribution is -2.38. The number of nitrogens with one attached hydrogen (secondary N) is 1. The minimum atomic E-state index is -0.428. The number of carbonyl (C=O) groups excluding carboxylic acids is 1. The summed E-state index contributed by atoms with van der Waals surface area (Å²) in [7, 11) is 0. The van der Waals surface area contributed by atoms with Gasteiger partial charge in [-0.25, -0.2) is 4.79 Å². The fourth-order valence-electron chi connectivity index (χ4n) is 2.10. The Labute approximate surface area is 131 Å². The van der Waals surface area contributed by atoms with Crippen molar-refractivity contribution in [2.45, 2.75) is 13.3 Å². The van der Waals surface area contributed by atoms with Gasteiger partial charge in [-0.2, -0.15) is 0 Å². The van der Waals surface area contributed by atoms with Gasteiger partial charge in [-0.15, -0.1) is 0 Å². The molecule has 1 aromatic carbocycles. The normalized spacial score (nSPS) is 15.3. The third-order valence-corrected chi connectivity index (χ3v) is 3.32. The van der Waals surface area contributed by atoms with Crippen LogP contribution in [0.2, 0.25) is 0 Å². The number of nitrogens with zero attached hydrogens (tertiary/aromatic N) is 1. The summed E-state index contributed by atoms with van der Waals surface area (Å²) in [6.07, 6.45) is 0.381. The fourth-order valence-corrected chi connectivity index (χ4v) is 2.10. The molecule has 6 heteroatoms. The van der Waals surface area contributed by atoms with E-state index in [0.717, 1.165) is 45.0 Å². The van der Waals surface area contributed by atoms with E-state index in [1.807, 2.05) is 19.1 Å². The van der Waals surface area contributed by atoms with Crippen LogP contribution in [-0.2, 0) is 9.47 Å². The van der Waals surface area contributed by atoms with Crippen LogP contribution >= 0.6 is 0 Å². The average Bonchev–Trinajstić information content (AvgIpc) is 2.55. The summed E-state index contributed by atoms with van der Waals surface area (Å²) in [5, 5.41) is 2.67. The Morgan fingerprint density at radius 1 is 1.23 bits per heavy atom. The number of hydrogen-bond acceptors (Lipinski definition) is 5. The molecule has 0 aromatic heterocycles. The first-order chi connectivity index (χ1) is 10.8. The van der Waals surface area contributed by atoms with Crippen molar-refractivity contribution in [3.8, 4) is 5.75 Å². The van der Waals surface area contributed by atoms with Crippen molar-refractivity contribution in [1.82, 2.24) is 4.90 Å². The van der Waals surface area contributed by atoms with Crippen molar-refractivity contribution in [3.05, 3.63) is 24.3 Å². The highest BCUT2D eigenvalue weighted by atomic mass is 16.5. The molecule has 2 rings (SSSR count). The van der Waals surface area contributed by atoms with Crippen molar-refractivity contribution in [2.24, 2.45) is 0 Å². The number of amides is 1. The highest BCUT2D eigenvalue weighted by Crippen LogP contribution is 2.16. The fraction of sp³-hybridized carbons (Fsp3) is 0.562. The molecule has 1 aliphatic heterocycles. The summed E-state index contributed by atoms with van der Waals surface area (Å²) in [6, 6.07) is 7.29. The van der Waals surface area contributed by atoms with Gasteiger partial charge in [-0.3, -0.25) is 10.2 Å². The van der Waals surface area contributed by atoms with E-state index < -0.39 is 6.09 Å². The molecule has 22 heavy (non-hydrogen) atoms. The maximum Gasteiger partial charge on any atom is 0.411 e. The minimum absolute atomic E-state index is 0.425. The van der Waals surface area contributed by atoms with E-state index in [2.05, 4.69) is 10.2 Å². The summed E-state index contributed by atoms with van der Waals surface area (Å²) in [6.45, 7) is 7.45. The van der Waals surface area contributed by atoms with Gasteiger partial charge in [0.25, 0.3) is 0 Å². The molecule has 122 valence electrons. The van der Waals surface area contributed by atoms with Crippen LogP contribution in [0.1, 0.15) is 13.3 Å². The monoisotopic (exact) mass is 308 g/mol. The topological polar surface area (TPSA) is 60.0 Å². The Hall–Kier alpha value is -1.79. The molecular formula is C16H24N2O4. The summed E-state index contributed by atoms with van der Waals surface area (Å²) in [4.78, 5) is 13.7. The lowest BCUT2D eigenvalue weighted by molar-refractivity contribution is 0.0322. The predicted octanol–water partition coefficient (Wildman–Crippen LogP) is 2.36. The molecule has 0 atom stereocenters. The number of morpholine rings is 1. The zero-order valence-electron chi connectivity index (χ0n) is 13.0. The molecular weight excluding hydrogens is 284 g/mol. The zero-order valence-corrected chi connectivity index (χ0v) is 13.0. The van der Waals surface area contributed by atoms with Crippen molar-refractivity contribution in [3.63, 3.8) is 0 Å². The third kappa shape index (κ3) is 5.91. The lowest BCUT2D eigenvalue weighted by Gasteiger charge is -2.26. The van der Waals surface area contributed by atoms with Crippen LogP contribution in [0, 0.1) is 0 Å². The SMILES string of the molecule is CCCOC(=O)Nc1ccc(OCCN2CCOCC2)cc1. The molecule has 6 nitrogen and oxygen atoms in total. The quantitative estimate of drug-likeness (QED) is 0.838. The maximum atomic E-state index is 11.4. The van der Waals surface area contributed by atoms with Crippen molar-refractivity contribution in [1.29, 1.82) is 0 Å². The van der Waals surface area contributed by atoms with Crippen LogP contribution in [-0.4, -0.2) is 57.1 Å². The Kier molecular flexibility index (Phi) is 6.99. The number of rotatable bonds is 7. The molecule has 0 bridgehead atoms. The van der Waals surface area contributed by atoms with Gasteiger partial charge in [0.2, 0.25) is 0 Å². The Balaban J connectivity index is 1.68. The van der Waals surface area contributed by atoms with E-state index in [1.165, 1.54) is 0 Å². The molecule has 1 heterocycles. The van der Waals surface area contributed by atoms with Gasteiger partial charge in [0, 0.05) is 25.3 Å². The zero-order chi connectivity index (χ0) is 15.6. The second kappa shape index (κ2) is 9.27. The van der Waals surface area contributed by atoms with E-state index in [4.69, 9.17) is 14.2 Å². The van der Waals surface area contributed by atoms with Crippen LogP contribution in [0.4, 0.5) is 10.5 Å². The van der Waals surface area contributed by atoms with Gasteiger partial charge < -0.3 is 14.2 Å². The Bertz CT molecular complexity index is 444. The van der Waals surface area contributed by atoms with Crippen LogP contribution in [0.25, 0.3) is 0 Å². The van der Waals surface area contributed by atoms with Crippen LogP contribution in [0.3, 0.4) is 0 Å². The second-order valence-electron chi connectivity index (χ2n) is 5.09. The molecule has 1 aromatic rings. The van der Waals surface area contributed by atoms with E-state index in [-0.39, 0.29) is 0 Å². The van der Waals surface area contributed by atoms with E-state index in [1.54, 1.807) is 12.1 Å². The Morgan fingerprint density at radius 2 is 1.95 bits per heavy atom. The molecule has 1 N–H and O–H groups in total. The van der Waals surface area contributed by atoms with Gasteiger partial charge in [0.15, 0.2) is 0 Å². The highest BCUT2D eigenvalue weighted by molar-refractivity contribution is 5.84. The van der Waals surface area contributed by atoms with Gasteiger partial charge in [-0.05, 0) is 30.7 Å². The highest BCUT2D eigenvalue weighted by Gasteiger charge is 2.09. The van der Waals surface area contributed by atoms with Gasteiger partial charge in [-0.1, -0.05) is 6.92 Å². The standard InChI is InChI=1S/C16H24N2O4/c1-2-10-22-16(19)17-14-3-5-15(6-4-14)21-13-9-18-7-11-20-12-8-18/h3-6H,2,7-13H2,1H3,(H,17,19). The molecule has 1 saturated heterocycles. The molecule has 1 fully saturated rings. The number of carbonyl (C=O) groups is 1. The van der Waals surface area contributed by atoms with Crippen LogP contribution < -0.4 is 10.1 Å². The first-order valence-electron chi connectivity index (χ1n) is 7.74. The summed E-state index contributed by atoms with van der Waals surface area (Å²) < 4.78 is 16.0.